The van der Waals surface area contributed by atoms with E-state index in [0.717, 1.165) is 19.4 Å². The highest BCUT2D eigenvalue weighted by molar-refractivity contribution is 7.89. The maximum Gasteiger partial charge on any atom is 0.242 e. The molecule has 1 aromatic carbocycles. The average molecular weight is 312 g/mol. The normalized spacial score (nSPS) is 11.6. The summed E-state index contributed by atoms with van der Waals surface area (Å²) in [6.45, 7) is 5.40. The fraction of sp³-hybridized carbons (Fsp3) is 0.467. The van der Waals surface area contributed by atoms with Crippen LogP contribution >= 0.6 is 0 Å². The lowest BCUT2D eigenvalue weighted by atomic mass is 10.3. The van der Waals surface area contributed by atoms with Gasteiger partial charge in [-0.15, -0.1) is 6.58 Å². The predicted octanol–water partition coefficient (Wildman–Crippen LogP) is 1.87. The summed E-state index contributed by atoms with van der Waals surface area (Å²) in [4.78, 5) is 0.282. The van der Waals surface area contributed by atoms with Crippen LogP contribution in [0.15, 0.2) is 41.8 Å². The van der Waals surface area contributed by atoms with E-state index in [1.54, 1.807) is 37.4 Å². The van der Waals surface area contributed by atoms with Crippen molar-refractivity contribution in [1.29, 1.82) is 0 Å². The van der Waals surface area contributed by atoms with E-state index in [2.05, 4.69) is 11.9 Å². The number of benzene rings is 1. The van der Waals surface area contributed by atoms with Crippen molar-refractivity contribution in [2.24, 2.45) is 0 Å². The maximum absolute atomic E-state index is 12.3. The second-order valence-electron chi connectivity index (χ2n) is 4.68. The van der Waals surface area contributed by atoms with Crippen molar-refractivity contribution in [2.45, 2.75) is 17.7 Å². The predicted molar refractivity (Wildman–Crippen MR) is 85.1 cm³/mol. The molecule has 0 aromatic heterocycles. The SMILES string of the molecule is C=CCCCN(C)S(=O)(=O)c1ccc(OCCNC)cc1. The smallest absolute Gasteiger partial charge is 0.242 e. The summed E-state index contributed by atoms with van der Waals surface area (Å²) >= 11 is 0. The van der Waals surface area contributed by atoms with Gasteiger partial charge in [0.05, 0.1) is 4.90 Å². The van der Waals surface area contributed by atoms with Gasteiger partial charge in [-0.1, -0.05) is 6.08 Å². The zero-order valence-electron chi connectivity index (χ0n) is 12.7. The Kier molecular flexibility index (Phi) is 7.42. The van der Waals surface area contributed by atoms with E-state index in [0.29, 0.717) is 18.9 Å². The fourth-order valence-electron chi connectivity index (χ4n) is 1.74. The second kappa shape index (κ2) is 8.81. The number of allylic oxidation sites excluding steroid dienone is 1. The molecule has 0 unspecified atom stereocenters. The Labute approximate surface area is 127 Å². The lowest BCUT2D eigenvalue weighted by Gasteiger charge is -2.17. The fourth-order valence-corrected chi connectivity index (χ4v) is 2.95. The van der Waals surface area contributed by atoms with Crippen molar-refractivity contribution in [3.8, 4) is 5.75 Å². The summed E-state index contributed by atoms with van der Waals surface area (Å²) < 4.78 is 31.5. The van der Waals surface area contributed by atoms with Crippen molar-refractivity contribution < 1.29 is 13.2 Å². The molecule has 6 heteroatoms. The van der Waals surface area contributed by atoms with E-state index in [-0.39, 0.29) is 4.90 Å². The van der Waals surface area contributed by atoms with Crippen LogP contribution in [-0.2, 0) is 10.0 Å². The Balaban J connectivity index is 2.68. The zero-order chi connectivity index (χ0) is 15.7. The molecule has 0 radical (unpaired) electrons. The van der Waals surface area contributed by atoms with Gasteiger partial charge < -0.3 is 10.1 Å². The summed E-state index contributed by atoms with van der Waals surface area (Å²) in [5.74, 6) is 0.665. The highest BCUT2D eigenvalue weighted by Crippen LogP contribution is 2.19. The van der Waals surface area contributed by atoms with Gasteiger partial charge in [-0.2, -0.15) is 0 Å². The Morgan fingerprint density at radius 1 is 1.33 bits per heavy atom. The monoisotopic (exact) mass is 312 g/mol. The third-order valence-corrected chi connectivity index (χ3v) is 4.91. The van der Waals surface area contributed by atoms with Gasteiger partial charge in [0.1, 0.15) is 12.4 Å². The molecule has 5 nitrogen and oxygen atoms in total. The number of unbranched alkanes of at least 4 members (excludes halogenated alkanes) is 1. The summed E-state index contributed by atoms with van der Waals surface area (Å²) in [6.07, 6.45) is 3.36. The molecule has 1 N–H and O–H groups in total. The molecule has 1 rings (SSSR count). The number of nitrogens with one attached hydrogen (secondary N) is 1. The Hall–Kier alpha value is -1.37. The molecule has 118 valence electrons. The van der Waals surface area contributed by atoms with Crippen molar-refractivity contribution in [1.82, 2.24) is 9.62 Å². The van der Waals surface area contributed by atoms with Crippen molar-refractivity contribution in [3.05, 3.63) is 36.9 Å². The van der Waals surface area contributed by atoms with Gasteiger partial charge in [0.2, 0.25) is 10.0 Å². The summed E-state index contributed by atoms with van der Waals surface area (Å²) in [5, 5.41) is 2.98. The quantitative estimate of drug-likeness (QED) is 0.529. The van der Waals surface area contributed by atoms with Crippen molar-refractivity contribution in [3.63, 3.8) is 0 Å². The molecule has 1 aromatic rings. The number of likely N-dealkylation sites (N-methyl/N-ethyl adjacent to an activating group) is 1. The molecule has 0 spiro atoms. The third kappa shape index (κ3) is 5.49. The van der Waals surface area contributed by atoms with E-state index in [1.165, 1.54) is 4.31 Å². The average Bonchev–Trinajstić information content (AvgIpc) is 2.48. The number of hydrogen-bond acceptors (Lipinski definition) is 4. The molecule has 0 amide bonds. The van der Waals surface area contributed by atoms with Gasteiger partial charge >= 0.3 is 0 Å². The summed E-state index contributed by atoms with van der Waals surface area (Å²) in [6, 6.07) is 6.52. The molecule has 0 aliphatic carbocycles. The first-order valence-electron chi connectivity index (χ1n) is 6.97. The third-order valence-electron chi connectivity index (χ3n) is 3.03. The zero-order valence-corrected chi connectivity index (χ0v) is 13.5. The van der Waals surface area contributed by atoms with Crippen LogP contribution in [0.25, 0.3) is 0 Å². The number of ether oxygens (including phenoxy) is 1. The van der Waals surface area contributed by atoms with Crippen molar-refractivity contribution in [2.75, 3.05) is 33.8 Å². The highest BCUT2D eigenvalue weighted by Gasteiger charge is 2.19. The Morgan fingerprint density at radius 2 is 2.00 bits per heavy atom. The van der Waals surface area contributed by atoms with Crippen LogP contribution in [0.3, 0.4) is 0 Å². The Morgan fingerprint density at radius 3 is 2.57 bits per heavy atom. The van der Waals surface area contributed by atoms with E-state index in [1.807, 2.05) is 7.05 Å². The minimum atomic E-state index is -3.43. The van der Waals surface area contributed by atoms with Gasteiger partial charge in [0.15, 0.2) is 0 Å². The first-order valence-corrected chi connectivity index (χ1v) is 8.41. The molecule has 0 saturated heterocycles. The summed E-state index contributed by atoms with van der Waals surface area (Å²) in [5.41, 5.74) is 0. The lowest BCUT2D eigenvalue weighted by Crippen LogP contribution is -2.27. The van der Waals surface area contributed by atoms with Gasteiger partial charge in [0.25, 0.3) is 0 Å². The summed E-state index contributed by atoms with van der Waals surface area (Å²) in [7, 11) is 0.0112. The van der Waals surface area contributed by atoms with Crippen LogP contribution < -0.4 is 10.1 Å². The van der Waals surface area contributed by atoms with Crippen LogP contribution in [0.5, 0.6) is 5.75 Å². The molecule has 0 atom stereocenters. The second-order valence-corrected chi connectivity index (χ2v) is 6.73. The van der Waals surface area contributed by atoms with E-state index < -0.39 is 10.0 Å². The molecule has 21 heavy (non-hydrogen) atoms. The maximum atomic E-state index is 12.3. The minimum absolute atomic E-state index is 0.282. The number of hydrogen-bond donors (Lipinski definition) is 1. The molecule has 0 bridgehead atoms. The topological polar surface area (TPSA) is 58.6 Å². The standard InChI is InChI=1S/C15H24N2O3S/c1-4-5-6-12-17(3)21(18,19)15-9-7-14(8-10-15)20-13-11-16-2/h4,7-10,16H,1,5-6,11-13H2,2-3H3. The van der Waals surface area contributed by atoms with Crippen LogP contribution in [-0.4, -0.2) is 46.5 Å². The van der Waals surface area contributed by atoms with Crippen LogP contribution in [0.4, 0.5) is 0 Å². The van der Waals surface area contributed by atoms with Crippen molar-refractivity contribution >= 4 is 10.0 Å². The number of sulfonamides is 1. The van der Waals surface area contributed by atoms with Gasteiger partial charge in [-0.3, -0.25) is 0 Å². The van der Waals surface area contributed by atoms with E-state index in [4.69, 9.17) is 4.74 Å². The van der Waals surface area contributed by atoms with Crippen LogP contribution in [0.2, 0.25) is 0 Å². The largest absolute Gasteiger partial charge is 0.492 e. The molecular formula is C15H24N2O3S. The first kappa shape index (κ1) is 17.7. The first-order chi connectivity index (χ1) is 10.0. The molecule has 0 aliphatic rings. The molecule has 0 heterocycles. The molecule has 0 fully saturated rings. The Bertz CT molecular complexity index is 526. The van der Waals surface area contributed by atoms with Crippen LogP contribution in [0.1, 0.15) is 12.8 Å². The van der Waals surface area contributed by atoms with Gasteiger partial charge in [-0.25, -0.2) is 12.7 Å². The lowest BCUT2D eigenvalue weighted by molar-refractivity contribution is 0.318. The van der Waals surface area contributed by atoms with E-state index >= 15 is 0 Å². The molecular weight excluding hydrogens is 288 g/mol. The molecule has 0 saturated carbocycles. The number of nitrogens with zero attached hydrogens (tertiary/aromatic N) is 1. The van der Waals surface area contributed by atoms with E-state index in [9.17, 15) is 8.42 Å². The molecule has 0 aliphatic heterocycles. The van der Waals surface area contributed by atoms with Gasteiger partial charge in [0, 0.05) is 20.1 Å². The minimum Gasteiger partial charge on any atom is -0.492 e. The van der Waals surface area contributed by atoms with Gasteiger partial charge in [-0.05, 0) is 44.2 Å². The highest BCUT2D eigenvalue weighted by atomic mass is 32.2. The van der Waals surface area contributed by atoms with Crippen LogP contribution in [0, 0.1) is 0 Å². The number of rotatable bonds is 10.